The fraction of sp³-hybridized carbons (Fsp3) is 0.0714. The van der Waals surface area contributed by atoms with Gasteiger partial charge in [0, 0.05) is 6.92 Å². The molecular formula is C14H12KNO5S. The maximum atomic E-state index is 11.4. The molecule has 0 unspecified atom stereocenters. The predicted octanol–water partition coefficient (Wildman–Crippen LogP) is -0.898. The van der Waals surface area contributed by atoms with Crippen LogP contribution in [-0.4, -0.2) is 18.9 Å². The van der Waals surface area contributed by atoms with Gasteiger partial charge >= 0.3 is 51.4 Å². The first kappa shape index (κ1) is 19.5. The largest absolute Gasteiger partial charge is 1.00 e. The van der Waals surface area contributed by atoms with Gasteiger partial charge in [-0.3, -0.25) is 4.79 Å². The van der Waals surface area contributed by atoms with Gasteiger partial charge in [-0.1, -0.05) is 42.5 Å². The molecule has 6 nitrogen and oxygen atoms in total. The van der Waals surface area contributed by atoms with E-state index in [-0.39, 0.29) is 57.1 Å². The Balaban J connectivity index is 0.00000242. The molecule has 0 aliphatic heterocycles. The van der Waals surface area contributed by atoms with Crippen molar-refractivity contribution in [3.63, 3.8) is 0 Å². The number of hydrogen-bond donors (Lipinski definition) is 0. The third-order valence-corrected chi connectivity index (χ3v) is 2.99. The molecule has 0 aliphatic carbocycles. The van der Waals surface area contributed by atoms with Gasteiger partial charge in [-0.15, -0.1) is 0 Å². The molecule has 1 amide bonds. The number of carbonyl (C=O) groups is 1. The molecule has 0 bridgehead atoms. The van der Waals surface area contributed by atoms with Crippen molar-refractivity contribution in [3.05, 3.63) is 54.6 Å². The number of hydroxylamine groups is 1. The normalized spacial score (nSPS) is 10.6. The second-order valence-corrected chi connectivity index (χ2v) is 5.17. The van der Waals surface area contributed by atoms with Crippen molar-refractivity contribution in [2.24, 2.45) is 0 Å². The Morgan fingerprint density at radius 1 is 1.00 bits per heavy atom. The Hall–Kier alpha value is -0.584. The first-order valence-corrected chi connectivity index (χ1v) is 7.32. The number of carbonyl (C=O) groups excluding carboxylic acids is 1. The molecule has 2 rings (SSSR count). The van der Waals surface area contributed by atoms with Crippen molar-refractivity contribution >= 4 is 22.0 Å². The molecule has 0 N–H and O–H groups in total. The molecular weight excluding hydrogens is 333 g/mol. The van der Waals surface area contributed by atoms with E-state index >= 15 is 0 Å². The van der Waals surface area contributed by atoms with E-state index in [9.17, 15) is 17.8 Å². The summed E-state index contributed by atoms with van der Waals surface area (Å²) in [5, 5.41) is 0.442. The van der Waals surface area contributed by atoms with Gasteiger partial charge in [0.1, 0.15) is 0 Å². The second-order valence-electron chi connectivity index (χ2n) is 4.21. The number of anilines is 1. The molecule has 0 atom stereocenters. The summed E-state index contributed by atoms with van der Waals surface area (Å²) in [6.45, 7) is 1.09. The first-order valence-electron chi connectivity index (χ1n) is 5.98. The van der Waals surface area contributed by atoms with Gasteiger partial charge in [0.25, 0.3) is 0 Å². The van der Waals surface area contributed by atoms with E-state index in [1.54, 1.807) is 12.1 Å². The van der Waals surface area contributed by atoms with E-state index < -0.39 is 16.3 Å². The molecule has 0 saturated heterocycles. The van der Waals surface area contributed by atoms with Crippen LogP contribution < -0.4 is 56.4 Å². The third kappa shape index (κ3) is 5.56. The summed E-state index contributed by atoms with van der Waals surface area (Å²) in [6, 6.07) is 15.9. The maximum absolute atomic E-state index is 11.4. The van der Waals surface area contributed by atoms with E-state index in [1.807, 2.05) is 30.3 Å². The molecule has 0 heterocycles. The fourth-order valence-corrected chi connectivity index (χ4v) is 2.16. The van der Waals surface area contributed by atoms with Gasteiger partial charge in [-0.2, -0.15) is 9.35 Å². The summed E-state index contributed by atoms with van der Waals surface area (Å²) < 4.78 is 36.0. The molecule has 0 aliphatic rings. The average Bonchev–Trinajstić information content (AvgIpc) is 2.45. The summed E-state index contributed by atoms with van der Waals surface area (Å²) in [4.78, 5) is 11.4. The van der Waals surface area contributed by atoms with E-state index in [4.69, 9.17) is 0 Å². The van der Waals surface area contributed by atoms with Crippen LogP contribution in [0.15, 0.2) is 54.6 Å². The Kier molecular flexibility index (Phi) is 7.36. The molecule has 0 aromatic heterocycles. The van der Waals surface area contributed by atoms with Crippen LogP contribution >= 0.6 is 0 Å². The summed E-state index contributed by atoms with van der Waals surface area (Å²) >= 11 is 0. The topological polar surface area (TPSA) is 86.7 Å². The van der Waals surface area contributed by atoms with Crippen LogP contribution in [0.25, 0.3) is 11.1 Å². The minimum Gasteiger partial charge on any atom is -0.724 e. The second kappa shape index (κ2) is 8.32. The number of amides is 1. The van der Waals surface area contributed by atoms with E-state index in [2.05, 4.69) is 4.28 Å². The number of nitrogens with zero attached hydrogens (tertiary/aromatic N) is 1. The van der Waals surface area contributed by atoms with Gasteiger partial charge in [-0.05, 0) is 23.3 Å². The van der Waals surface area contributed by atoms with Crippen LogP contribution in [0.5, 0.6) is 0 Å². The Morgan fingerprint density at radius 3 is 1.95 bits per heavy atom. The zero-order valence-electron chi connectivity index (χ0n) is 12.1. The zero-order valence-corrected chi connectivity index (χ0v) is 16.0. The maximum Gasteiger partial charge on any atom is 1.00 e. The van der Waals surface area contributed by atoms with Gasteiger partial charge in [-0.25, -0.2) is 8.42 Å². The summed E-state index contributed by atoms with van der Waals surface area (Å²) in [5.74, 6) is -0.720. The van der Waals surface area contributed by atoms with Gasteiger partial charge in [0.15, 0.2) is 0 Å². The predicted molar refractivity (Wildman–Crippen MR) is 75.8 cm³/mol. The average molecular weight is 345 g/mol. The smallest absolute Gasteiger partial charge is 0.724 e. The van der Waals surface area contributed by atoms with E-state index in [0.29, 0.717) is 5.06 Å². The summed E-state index contributed by atoms with van der Waals surface area (Å²) in [5.41, 5.74) is 2.00. The standard InChI is InChI=1S/C14H13NO5S.K/c1-11(16)15(20-21(17,18)19)14-9-7-13(8-10-14)12-5-3-2-4-6-12;/h2-10H,1H3,(H,17,18,19);/q;+1/p-1. The Bertz CT molecular complexity index is 732. The van der Waals surface area contributed by atoms with Crippen LogP contribution in [0, 0.1) is 0 Å². The zero-order chi connectivity index (χ0) is 15.5. The van der Waals surface area contributed by atoms with Crippen molar-refractivity contribution < 1.29 is 73.4 Å². The van der Waals surface area contributed by atoms with Crippen LogP contribution in [0.2, 0.25) is 0 Å². The monoisotopic (exact) mass is 345 g/mol. The Morgan fingerprint density at radius 2 is 1.50 bits per heavy atom. The van der Waals surface area contributed by atoms with Crippen molar-refractivity contribution in [1.29, 1.82) is 0 Å². The number of rotatable bonds is 4. The number of hydrogen-bond acceptors (Lipinski definition) is 5. The van der Waals surface area contributed by atoms with E-state index in [1.165, 1.54) is 12.1 Å². The SMILES string of the molecule is CC(=O)N(OS(=O)(=O)[O-])c1ccc(-c2ccccc2)cc1.[K+]. The molecule has 2 aromatic rings. The molecule has 8 heteroatoms. The fourth-order valence-electron chi connectivity index (χ4n) is 1.79. The first-order chi connectivity index (χ1) is 9.87. The van der Waals surface area contributed by atoms with Crippen LogP contribution in [-0.2, 0) is 19.5 Å². The minimum absolute atomic E-state index is 0. The molecule has 0 saturated carbocycles. The molecule has 0 radical (unpaired) electrons. The summed E-state index contributed by atoms with van der Waals surface area (Å²) in [6.07, 6.45) is 0. The van der Waals surface area contributed by atoms with E-state index in [0.717, 1.165) is 18.1 Å². The third-order valence-electron chi connectivity index (χ3n) is 2.66. The molecule has 110 valence electrons. The minimum atomic E-state index is -5.02. The quantitative estimate of drug-likeness (QED) is 0.310. The van der Waals surface area contributed by atoms with Crippen molar-refractivity contribution in [2.75, 3.05) is 5.06 Å². The summed E-state index contributed by atoms with van der Waals surface area (Å²) in [7, 11) is -5.02. The molecule has 2 aromatic carbocycles. The molecule has 22 heavy (non-hydrogen) atoms. The molecule has 0 spiro atoms. The van der Waals surface area contributed by atoms with Crippen molar-refractivity contribution in [2.45, 2.75) is 6.92 Å². The van der Waals surface area contributed by atoms with Crippen molar-refractivity contribution in [1.82, 2.24) is 0 Å². The van der Waals surface area contributed by atoms with Gasteiger partial charge < -0.3 is 4.55 Å². The molecule has 0 fully saturated rings. The Labute approximate surface area is 171 Å². The van der Waals surface area contributed by atoms with Crippen LogP contribution in [0.4, 0.5) is 5.69 Å². The number of benzene rings is 2. The van der Waals surface area contributed by atoms with Gasteiger partial charge in [0.2, 0.25) is 16.3 Å². The van der Waals surface area contributed by atoms with Crippen LogP contribution in [0.3, 0.4) is 0 Å². The van der Waals surface area contributed by atoms with Crippen molar-refractivity contribution in [3.8, 4) is 11.1 Å². The van der Waals surface area contributed by atoms with Gasteiger partial charge in [0.05, 0.1) is 5.69 Å². The van der Waals surface area contributed by atoms with Crippen LogP contribution in [0.1, 0.15) is 6.92 Å².